The van der Waals surface area contributed by atoms with E-state index in [9.17, 15) is 0 Å². The first-order chi connectivity index (χ1) is 16.8. The smallest absolute Gasteiger partial charge is 0.300 e. The van der Waals surface area contributed by atoms with Crippen LogP contribution in [0.15, 0.2) is 54.1 Å². The Balaban J connectivity index is 0.000000926. The molecule has 2 aliphatic rings. The van der Waals surface area contributed by atoms with Crippen molar-refractivity contribution in [3.63, 3.8) is 0 Å². The van der Waals surface area contributed by atoms with Crippen molar-refractivity contribution in [2.24, 2.45) is 5.92 Å². The molecular formula is C30H44N2O3. The number of aryl methyl sites for hydroxylation is 2. The van der Waals surface area contributed by atoms with E-state index in [1.54, 1.807) is 0 Å². The van der Waals surface area contributed by atoms with Gasteiger partial charge < -0.3 is 19.6 Å². The number of terminal acetylenes is 1. The predicted molar refractivity (Wildman–Crippen MR) is 145 cm³/mol. The fourth-order valence-electron chi connectivity index (χ4n) is 4.52. The maximum Gasteiger partial charge on any atom is 0.300 e. The molecule has 1 unspecified atom stereocenters. The molecule has 1 N–H and O–H groups in total. The number of nitrogens with zero attached hydrogens (tertiary/aromatic N) is 2. The lowest BCUT2D eigenvalue weighted by Crippen LogP contribution is -2.41. The van der Waals surface area contributed by atoms with E-state index in [0.29, 0.717) is 24.4 Å². The number of aliphatic carboxylic acids is 1. The third kappa shape index (κ3) is 9.56. The average Bonchev–Trinajstić information content (AvgIpc) is 3.18. The molecule has 5 nitrogen and oxygen atoms in total. The van der Waals surface area contributed by atoms with Crippen LogP contribution in [-0.2, 0) is 29.0 Å². The van der Waals surface area contributed by atoms with Crippen molar-refractivity contribution in [3.05, 3.63) is 70.8 Å². The summed E-state index contributed by atoms with van der Waals surface area (Å²) in [4.78, 5) is 13.5. The van der Waals surface area contributed by atoms with Crippen LogP contribution >= 0.6 is 0 Å². The minimum Gasteiger partial charge on any atom is -0.481 e. The number of rotatable bonds is 7. The zero-order valence-electron chi connectivity index (χ0n) is 22.7. The van der Waals surface area contributed by atoms with Gasteiger partial charge >= 0.3 is 0 Å². The molecule has 0 saturated heterocycles. The molecule has 1 aromatic carbocycles. The van der Waals surface area contributed by atoms with E-state index in [1.807, 2.05) is 19.9 Å². The second kappa shape index (κ2) is 15.7. The van der Waals surface area contributed by atoms with E-state index in [2.05, 4.69) is 80.3 Å². The molecule has 0 fully saturated rings. The number of fused-ring (bicyclic) bond motifs is 1. The van der Waals surface area contributed by atoms with Gasteiger partial charge in [0.1, 0.15) is 12.8 Å². The lowest BCUT2D eigenvalue weighted by atomic mass is 9.90. The highest BCUT2D eigenvalue weighted by Gasteiger charge is 2.29. The Morgan fingerprint density at radius 3 is 2.26 bits per heavy atom. The fourth-order valence-corrected chi connectivity index (χ4v) is 4.52. The van der Waals surface area contributed by atoms with Crippen LogP contribution in [0.3, 0.4) is 0 Å². The van der Waals surface area contributed by atoms with E-state index >= 15 is 0 Å². The first-order valence-corrected chi connectivity index (χ1v) is 12.7. The number of hydrogen-bond acceptors (Lipinski definition) is 4. The van der Waals surface area contributed by atoms with Crippen molar-refractivity contribution in [2.75, 3.05) is 14.1 Å². The van der Waals surface area contributed by atoms with Crippen molar-refractivity contribution < 1.29 is 14.6 Å². The molecule has 5 heteroatoms. The number of allylic oxidation sites excluding steroid dienone is 3. The molecule has 1 aromatic rings. The van der Waals surface area contributed by atoms with Crippen LogP contribution in [0, 0.1) is 18.3 Å². The second-order valence-corrected chi connectivity index (χ2v) is 8.76. The maximum atomic E-state index is 9.00. The van der Waals surface area contributed by atoms with Gasteiger partial charge in [-0.3, -0.25) is 4.79 Å². The van der Waals surface area contributed by atoms with Crippen molar-refractivity contribution in [2.45, 2.75) is 79.5 Å². The van der Waals surface area contributed by atoms with E-state index < -0.39 is 5.97 Å². The Hall–Kier alpha value is -3.13. The third-order valence-electron chi connectivity index (χ3n) is 6.20. The van der Waals surface area contributed by atoms with Crippen LogP contribution in [0.1, 0.15) is 70.6 Å². The summed E-state index contributed by atoms with van der Waals surface area (Å²) < 4.78 is 5.95. The summed E-state index contributed by atoms with van der Waals surface area (Å²) in [5.41, 5.74) is 5.47. The van der Waals surface area contributed by atoms with Crippen LogP contribution in [0.25, 0.3) is 0 Å². The Labute approximate surface area is 213 Å². The number of carboxylic acid groups (broad SMARTS) is 1. The second-order valence-electron chi connectivity index (χ2n) is 8.76. The van der Waals surface area contributed by atoms with Gasteiger partial charge in [0.15, 0.2) is 5.76 Å². The lowest BCUT2D eigenvalue weighted by molar-refractivity contribution is -0.134. The lowest BCUT2D eigenvalue weighted by Gasteiger charge is -2.35. The minimum absolute atomic E-state index is 0.343. The standard InChI is InChI=1S/C26H34N2O.C2H4O2.C2H6/c1-6-24(29-19-21-13-14-22-10-8-9-11-23(22)18-21)15-12-20(3)25(7-2)26-27(4)16-17-28(26)5;1-2(3)4;1-2/h1,12-18,25-26H,7-11,19H2,2-5H3;1H3,(H,3,4);1-2H3/b20-12+,24-15+;;. The first-order valence-electron chi connectivity index (χ1n) is 12.7. The van der Waals surface area contributed by atoms with E-state index in [-0.39, 0.29) is 0 Å². The van der Waals surface area contributed by atoms with E-state index in [0.717, 1.165) is 13.3 Å². The molecule has 1 heterocycles. The van der Waals surface area contributed by atoms with Crippen molar-refractivity contribution in [1.82, 2.24) is 9.80 Å². The molecule has 3 rings (SSSR count). The van der Waals surface area contributed by atoms with Crippen molar-refractivity contribution in [3.8, 4) is 12.3 Å². The van der Waals surface area contributed by atoms with Gasteiger partial charge in [-0.25, -0.2) is 0 Å². The highest BCUT2D eigenvalue weighted by atomic mass is 16.5. The zero-order valence-corrected chi connectivity index (χ0v) is 22.7. The number of carboxylic acids is 1. The quantitative estimate of drug-likeness (QED) is 0.279. The molecule has 1 aliphatic heterocycles. The van der Waals surface area contributed by atoms with Gasteiger partial charge in [-0.15, -0.1) is 6.42 Å². The van der Waals surface area contributed by atoms with Crippen LogP contribution in [-0.4, -0.2) is 41.1 Å². The molecule has 0 saturated carbocycles. The first kappa shape index (κ1) is 29.9. The van der Waals surface area contributed by atoms with E-state index in [1.165, 1.54) is 47.9 Å². The van der Waals surface area contributed by atoms with Crippen molar-refractivity contribution in [1.29, 1.82) is 0 Å². The van der Waals surface area contributed by atoms with Gasteiger partial charge in [-0.2, -0.15) is 0 Å². The monoisotopic (exact) mass is 480 g/mol. The number of carbonyl (C=O) groups is 1. The molecule has 0 spiro atoms. The van der Waals surface area contributed by atoms with Crippen molar-refractivity contribution >= 4 is 5.97 Å². The topological polar surface area (TPSA) is 53.0 Å². The fraction of sp³-hybridized carbons (Fsp3) is 0.500. The Kier molecular flexibility index (Phi) is 13.4. The molecule has 192 valence electrons. The molecular weight excluding hydrogens is 436 g/mol. The summed E-state index contributed by atoms with van der Waals surface area (Å²) in [5, 5.41) is 7.42. The summed E-state index contributed by atoms with van der Waals surface area (Å²) >= 11 is 0. The van der Waals surface area contributed by atoms with Crippen LogP contribution in [0.5, 0.6) is 0 Å². The minimum atomic E-state index is -0.833. The Bertz CT molecular complexity index is 923. The van der Waals surface area contributed by atoms with Gasteiger partial charge in [0, 0.05) is 39.3 Å². The summed E-state index contributed by atoms with van der Waals surface area (Å²) in [6, 6.07) is 6.71. The van der Waals surface area contributed by atoms with E-state index in [4.69, 9.17) is 21.1 Å². The number of benzene rings is 1. The summed E-state index contributed by atoms with van der Waals surface area (Å²) in [7, 11) is 4.26. The highest BCUT2D eigenvalue weighted by molar-refractivity contribution is 5.62. The molecule has 1 atom stereocenters. The van der Waals surface area contributed by atoms with Gasteiger partial charge in [0.05, 0.1) is 0 Å². The summed E-state index contributed by atoms with van der Waals surface area (Å²) in [6.45, 7) is 10.0. The summed E-state index contributed by atoms with van der Waals surface area (Å²) in [6.07, 6.45) is 20.4. The van der Waals surface area contributed by atoms with Gasteiger partial charge in [0.25, 0.3) is 5.97 Å². The van der Waals surface area contributed by atoms with Crippen LogP contribution < -0.4 is 0 Å². The zero-order chi connectivity index (χ0) is 26.4. The highest BCUT2D eigenvalue weighted by Crippen LogP contribution is 2.28. The molecule has 35 heavy (non-hydrogen) atoms. The molecule has 1 aliphatic carbocycles. The normalized spacial score (nSPS) is 16.3. The van der Waals surface area contributed by atoms with Gasteiger partial charge in [0.2, 0.25) is 0 Å². The Morgan fingerprint density at radius 1 is 1.14 bits per heavy atom. The average molecular weight is 481 g/mol. The Morgan fingerprint density at radius 2 is 1.71 bits per heavy atom. The number of hydrogen-bond donors (Lipinski definition) is 1. The maximum absolute atomic E-state index is 9.00. The molecule has 0 aromatic heterocycles. The van der Waals surface area contributed by atoms with Gasteiger partial charge in [-0.05, 0) is 67.7 Å². The summed E-state index contributed by atoms with van der Waals surface area (Å²) in [5.74, 6) is 2.87. The molecule has 0 bridgehead atoms. The third-order valence-corrected chi connectivity index (χ3v) is 6.20. The largest absolute Gasteiger partial charge is 0.481 e. The van der Waals surface area contributed by atoms with Gasteiger partial charge in [-0.1, -0.05) is 50.6 Å². The molecule has 0 radical (unpaired) electrons. The van der Waals surface area contributed by atoms with Crippen LogP contribution in [0.2, 0.25) is 0 Å². The molecule has 0 amide bonds. The van der Waals surface area contributed by atoms with Crippen LogP contribution in [0.4, 0.5) is 0 Å². The predicted octanol–water partition coefficient (Wildman–Crippen LogP) is 6.36. The SMILES string of the molecule is C#C/C(=C\C=C(/C)C(CC)C1N(C)C=CN1C)OCc1ccc2c(c1)CCCC2.CC.CC(=O)O. The number of ether oxygens (including phenoxy) is 1.